The second kappa shape index (κ2) is 5.37. The smallest absolute Gasteiger partial charge is 0.298 e. The van der Waals surface area contributed by atoms with Gasteiger partial charge in [0.2, 0.25) is 0 Å². The molecular weight excluding hydrogens is 353 g/mol. The van der Waals surface area contributed by atoms with Gasteiger partial charge in [-0.2, -0.15) is 0 Å². The molecule has 2 bridgehead atoms. The second-order valence-corrected chi connectivity index (χ2v) is 9.04. The Kier molecular flexibility index (Phi) is 3.44. The molecule has 3 aliphatic carbocycles. The lowest BCUT2D eigenvalue weighted by Gasteiger charge is -2.55. The van der Waals surface area contributed by atoms with E-state index in [4.69, 9.17) is 0 Å². The van der Waals surface area contributed by atoms with E-state index in [1.807, 2.05) is 0 Å². The Morgan fingerprint density at radius 2 is 1.85 bits per heavy atom. The molecule has 6 rings (SSSR count). The first kappa shape index (κ1) is 17.3. The van der Waals surface area contributed by atoms with Gasteiger partial charge in [0.15, 0.2) is 0 Å². The fourth-order valence-corrected chi connectivity index (χ4v) is 5.64. The molecule has 3 fully saturated rings. The number of halogens is 3. The van der Waals surface area contributed by atoms with Crippen LogP contribution in [-0.2, 0) is 0 Å². The van der Waals surface area contributed by atoms with E-state index < -0.39 is 29.3 Å². The summed E-state index contributed by atoms with van der Waals surface area (Å²) in [6, 6.07) is 2.80. The van der Waals surface area contributed by atoms with Crippen molar-refractivity contribution >= 4 is 0 Å². The SMILES string of the molecule is CC12CCC(C(O)C(F)(F)C3c4c(F)cccc4-c4cncn43)(CC1)CC2. The first-order valence-electron chi connectivity index (χ1n) is 9.64. The predicted octanol–water partition coefficient (Wildman–Crippen LogP) is 4.95. The Morgan fingerprint density at radius 1 is 1.19 bits per heavy atom. The van der Waals surface area contributed by atoms with E-state index in [-0.39, 0.29) is 11.0 Å². The summed E-state index contributed by atoms with van der Waals surface area (Å²) >= 11 is 0. The molecule has 0 spiro atoms. The first-order chi connectivity index (χ1) is 12.8. The van der Waals surface area contributed by atoms with Crippen molar-refractivity contribution in [2.24, 2.45) is 10.8 Å². The van der Waals surface area contributed by atoms with Crippen molar-refractivity contribution in [3.05, 3.63) is 42.1 Å². The number of rotatable bonds is 3. The van der Waals surface area contributed by atoms with Crippen LogP contribution in [0.5, 0.6) is 0 Å². The number of aromatic nitrogens is 2. The average molecular weight is 376 g/mol. The van der Waals surface area contributed by atoms with Crippen molar-refractivity contribution in [1.29, 1.82) is 0 Å². The number of nitrogens with zero attached hydrogens (tertiary/aromatic N) is 2. The second-order valence-electron chi connectivity index (χ2n) is 9.04. The monoisotopic (exact) mass is 376 g/mol. The number of aliphatic hydroxyl groups is 1. The molecule has 0 amide bonds. The molecule has 2 unspecified atom stereocenters. The summed E-state index contributed by atoms with van der Waals surface area (Å²) in [4.78, 5) is 3.99. The van der Waals surface area contributed by atoms with Gasteiger partial charge >= 0.3 is 0 Å². The van der Waals surface area contributed by atoms with Crippen LogP contribution in [-0.4, -0.2) is 26.7 Å². The van der Waals surface area contributed by atoms with Crippen molar-refractivity contribution in [3.63, 3.8) is 0 Å². The highest BCUT2D eigenvalue weighted by atomic mass is 19.3. The number of hydrogen-bond acceptors (Lipinski definition) is 2. The van der Waals surface area contributed by atoms with Crippen LogP contribution < -0.4 is 0 Å². The van der Waals surface area contributed by atoms with Gasteiger partial charge in [0.1, 0.15) is 18.0 Å². The Bertz CT molecular complexity index is 882. The summed E-state index contributed by atoms with van der Waals surface area (Å²) < 4.78 is 47.5. The standard InChI is InChI=1S/C21H23F3N2O/c1-19-5-8-20(9-6-19,10-7-19)18(27)21(23,24)17-16-13(3-2-4-14(16)22)15-11-25-12-26(15)17/h2-4,11-12,17-18,27H,5-10H2,1H3. The van der Waals surface area contributed by atoms with Gasteiger partial charge < -0.3 is 9.67 Å². The van der Waals surface area contributed by atoms with Gasteiger partial charge in [-0.25, -0.2) is 18.2 Å². The van der Waals surface area contributed by atoms with E-state index >= 15 is 8.78 Å². The Morgan fingerprint density at radius 3 is 2.52 bits per heavy atom. The fourth-order valence-electron chi connectivity index (χ4n) is 5.64. The summed E-state index contributed by atoms with van der Waals surface area (Å²) in [7, 11) is 0. The van der Waals surface area contributed by atoms with Crippen LogP contribution in [0.1, 0.15) is 57.1 Å². The molecule has 0 radical (unpaired) electrons. The fraction of sp³-hybridized carbons (Fsp3) is 0.571. The highest BCUT2D eigenvalue weighted by Gasteiger charge is 2.62. The lowest BCUT2D eigenvalue weighted by molar-refractivity contribution is -0.206. The van der Waals surface area contributed by atoms with Crippen LogP contribution >= 0.6 is 0 Å². The topological polar surface area (TPSA) is 38.1 Å². The Labute approximate surface area is 156 Å². The van der Waals surface area contributed by atoms with Gasteiger partial charge in [-0.1, -0.05) is 19.1 Å². The van der Waals surface area contributed by atoms with E-state index in [0.717, 1.165) is 19.3 Å². The van der Waals surface area contributed by atoms with Crippen molar-refractivity contribution in [3.8, 4) is 11.3 Å². The summed E-state index contributed by atoms with van der Waals surface area (Å²) in [5.74, 6) is -4.15. The zero-order valence-electron chi connectivity index (χ0n) is 15.3. The molecule has 4 aliphatic rings. The van der Waals surface area contributed by atoms with Gasteiger partial charge in [0, 0.05) is 16.5 Å². The minimum atomic E-state index is -3.49. The van der Waals surface area contributed by atoms with Crippen molar-refractivity contribution in [2.45, 2.75) is 63.5 Å². The maximum Gasteiger partial charge on any atom is 0.298 e. The first-order valence-corrected chi connectivity index (χ1v) is 9.64. The number of aliphatic hydroxyl groups excluding tert-OH is 1. The molecule has 1 aromatic heterocycles. The molecule has 144 valence electrons. The molecule has 3 saturated carbocycles. The minimum Gasteiger partial charge on any atom is -0.386 e. The van der Waals surface area contributed by atoms with Crippen LogP contribution in [0.25, 0.3) is 11.3 Å². The molecule has 27 heavy (non-hydrogen) atoms. The normalized spacial score (nSPS) is 33.0. The van der Waals surface area contributed by atoms with E-state index in [0.29, 0.717) is 30.5 Å². The van der Waals surface area contributed by atoms with Gasteiger partial charge in [0.25, 0.3) is 5.92 Å². The Balaban J connectivity index is 1.58. The van der Waals surface area contributed by atoms with Crippen molar-refractivity contribution in [2.75, 3.05) is 0 Å². The molecule has 2 atom stereocenters. The molecule has 2 heterocycles. The summed E-state index contributed by atoms with van der Waals surface area (Å²) in [5.41, 5.74) is 0.309. The highest BCUT2D eigenvalue weighted by Crippen LogP contribution is 2.61. The van der Waals surface area contributed by atoms with E-state index in [1.54, 1.807) is 6.07 Å². The Hall–Kier alpha value is -1.82. The average Bonchev–Trinajstić information content (AvgIpc) is 3.23. The lowest BCUT2D eigenvalue weighted by Crippen LogP contribution is -2.56. The third kappa shape index (κ3) is 2.22. The third-order valence-electron chi connectivity index (χ3n) is 7.54. The molecular formula is C21H23F3N2O. The van der Waals surface area contributed by atoms with Crippen molar-refractivity contribution < 1.29 is 18.3 Å². The number of imidazole rings is 1. The zero-order chi connectivity index (χ0) is 19.0. The maximum absolute atomic E-state index is 15.8. The van der Waals surface area contributed by atoms with Gasteiger partial charge in [-0.3, -0.25) is 0 Å². The molecule has 1 aliphatic heterocycles. The maximum atomic E-state index is 15.8. The minimum absolute atomic E-state index is 0.0354. The van der Waals surface area contributed by atoms with Crippen molar-refractivity contribution in [1.82, 2.24) is 9.55 Å². The molecule has 3 nitrogen and oxygen atoms in total. The van der Waals surface area contributed by atoms with Crippen LogP contribution in [0.3, 0.4) is 0 Å². The van der Waals surface area contributed by atoms with Gasteiger partial charge in [0.05, 0.1) is 18.2 Å². The largest absolute Gasteiger partial charge is 0.386 e. The van der Waals surface area contributed by atoms with E-state index in [1.165, 1.54) is 29.2 Å². The van der Waals surface area contributed by atoms with E-state index in [2.05, 4.69) is 11.9 Å². The van der Waals surface area contributed by atoms with Crippen LogP contribution in [0.15, 0.2) is 30.7 Å². The van der Waals surface area contributed by atoms with Crippen LogP contribution in [0.4, 0.5) is 13.2 Å². The van der Waals surface area contributed by atoms with Gasteiger partial charge in [-0.05, 0) is 50.0 Å². The number of hydrogen-bond donors (Lipinski definition) is 1. The molecule has 2 aromatic rings. The number of benzene rings is 1. The molecule has 6 heteroatoms. The lowest BCUT2D eigenvalue weighted by atomic mass is 9.52. The van der Waals surface area contributed by atoms with Gasteiger partial charge in [-0.15, -0.1) is 0 Å². The molecule has 1 N–H and O–H groups in total. The number of fused-ring (bicyclic) bond motifs is 6. The summed E-state index contributed by atoms with van der Waals surface area (Å²) in [6.07, 6.45) is 5.41. The van der Waals surface area contributed by atoms with Crippen LogP contribution in [0, 0.1) is 16.6 Å². The summed E-state index contributed by atoms with van der Waals surface area (Å²) in [6.45, 7) is 2.21. The highest BCUT2D eigenvalue weighted by molar-refractivity contribution is 5.69. The quantitative estimate of drug-likeness (QED) is 0.823. The van der Waals surface area contributed by atoms with Crippen LogP contribution in [0.2, 0.25) is 0 Å². The summed E-state index contributed by atoms with van der Waals surface area (Å²) in [5, 5.41) is 11.0. The zero-order valence-corrected chi connectivity index (χ0v) is 15.3. The predicted molar refractivity (Wildman–Crippen MR) is 95.0 cm³/mol. The number of alkyl halides is 2. The molecule has 0 saturated heterocycles. The van der Waals surface area contributed by atoms with E-state index in [9.17, 15) is 9.50 Å². The molecule has 1 aromatic carbocycles. The third-order valence-corrected chi connectivity index (χ3v) is 7.54.